The molecule has 2 fully saturated rings. The van der Waals surface area contributed by atoms with Gasteiger partial charge in [-0.25, -0.2) is 4.39 Å². The van der Waals surface area contributed by atoms with Crippen LogP contribution in [-0.2, 0) is 0 Å². The fraction of sp³-hybridized carbons (Fsp3) is 0.500. The van der Waals surface area contributed by atoms with Crippen LogP contribution in [0, 0.1) is 17.7 Å². The molecular weight excluding hydrogens is 267 g/mol. The fourth-order valence-corrected chi connectivity index (χ4v) is 3.02. The van der Waals surface area contributed by atoms with E-state index in [1.54, 1.807) is 12.1 Å². The van der Waals surface area contributed by atoms with Crippen LogP contribution in [0.5, 0.6) is 0 Å². The van der Waals surface area contributed by atoms with Gasteiger partial charge in [0.25, 0.3) is 5.91 Å². The second-order valence-corrected chi connectivity index (χ2v) is 5.23. The van der Waals surface area contributed by atoms with Crippen LogP contribution in [0.15, 0.2) is 24.3 Å². The molecule has 3 rings (SSSR count). The number of hydrogen-bond donors (Lipinski definition) is 1. The molecule has 1 aromatic carbocycles. The second kappa shape index (κ2) is 5.88. The first kappa shape index (κ1) is 14.3. The van der Waals surface area contributed by atoms with Gasteiger partial charge in [0.2, 0.25) is 0 Å². The number of carbonyl (C=O) groups is 1. The SMILES string of the molecule is Cl.O=C(c1cccc(F)c1)N1CCC2CNCC2C1. The van der Waals surface area contributed by atoms with Crippen molar-refractivity contribution in [2.24, 2.45) is 11.8 Å². The van der Waals surface area contributed by atoms with Crippen LogP contribution in [0.4, 0.5) is 4.39 Å². The first-order valence-electron chi connectivity index (χ1n) is 6.49. The molecule has 2 heterocycles. The minimum absolute atomic E-state index is 0. The van der Waals surface area contributed by atoms with Crippen molar-refractivity contribution in [3.8, 4) is 0 Å². The lowest BCUT2D eigenvalue weighted by atomic mass is 9.88. The number of piperidine rings is 1. The molecular formula is C14H18ClFN2O. The van der Waals surface area contributed by atoms with E-state index in [-0.39, 0.29) is 24.1 Å². The van der Waals surface area contributed by atoms with Crippen LogP contribution in [0.2, 0.25) is 0 Å². The number of rotatable bonds is 1. The van der Waals surface area contributed by atoms with Crippen molar-refractivity contribution in [2.75, 3.05) is 26.2 Å². The second-order valence-electron chi connectivity index (χ2n) is 5.23. The van der Waals surface area contributed by atoms with Gasteiger partial charge < -0.3 is 10.2 Å². The number of carbonyl (C=O) groups excluding carboxylic acids is 1. The monoisotopic (exact) mass is 284 g/mol. The zero-order chi connectivity index (χ0) is 12.5. The van der Waals surface area contributed by atoms with E-state index < -0.39 is 0 Å². The van der Waals surface area contributed by atoms with Crippen molar-refractivity contribution in [1.82, 2.24) is 10.2 Å². The Morgan fingerprint density at radius 3 is 2.89 bits per heavy atom. The lowest BCUT2D eigenvalue weighted by Gasteiger charge is -2.34. The average Bonchev–Trinajstić information content (AvgIpc) is 2.85. The van der Waals surface area contributed by atoms with Gasteiger partial charge in [0.05, 0.1) is 0 Å². The van der Waals surface area contributed by atoms with Crippen molar-refractivity contribution in [2.45, 2.75) is 6.42 Å². The molecule has 0 spiro atoms. The van der Waals surface area contributed by atoms with Gasteiger partial charge >= 0.3 is 0 Å². The van der Waals surface area contributed by atoms with Crippen LogP contribution < -0.4 is 5.32 Å². The molecule has 2 unspecified atom stereocenters. The number of fused-ring (bicyclic) bond motifs is 1. The number of halogens is 2. The molecule has 1 amide bonds. The summed E-state index contributed by atoms with van der Waals surface area (Å²) in [5, 5.41) is 3.37. The standard InChI is InChI=1S/C14H17FN2O.ClH/c15-13-3-1-2-10(6-13)14(18)17-5-4-11-7-16-8-12(11)9-17;/h1-3,6,11-12,16H,4-5,7-9H2;1H. The van der Waals surface area contributed by atoms with Gasteiger partial charge in [0, 0.05) is 18.7 Å². The van der Waals surface area contributed by atoms with Gasteiger partial charge in [-0.15, -0.1) is 12.4 Å². The molecule has 1 N–H and O–H groups in total. The summed E-state index contributed by atoms with van der Waals surface area (Å²) in [6.45, 7) is 3.66. The van der Waals surface area contributed by atoms with E-state index in [1.807, 2.05) is 4.90 Å². The Labute approximate surface area is 118 Å². The highest BCUT2D eigenvalue weighted by Gasteiger charge is 2.34. The van der Waals surface area contributed by atoms with Crippen molar-refractivity contribution in [3.63, 3.8) is 0 Å². The summed E-state index contributed by atoms with van der Waals surface area (Å²) in [6, 6.07) is 5.96. The molecule has 1 aromatic rings. The molecule has 0 aromatic heterocycles. The molecule has 19 heavy (non-hydrogen) atoms. The topological polar surface area (TPSA) is 32.3 Å². The van der Waals surface area contributed by atoms with Gasteiger partial charge in [-0.3, -0.25) is 4.79 Å². The molecule has 2 atom stereocenters. The Morgan fingerprint density at radius 2 is 2.11 bits per heavy atom. The van der Waals surface area contributed by atoms with Gasteiger partial charge in [0.15, 0.2) is 0 Å². The maximum absolute atomic E-state index is 13.1. The molecule has 0 radical (unpaired) electrons. The molecule has 104 valence electrons. The van der Waals surface area contributed by atoms with Crippen LogP contribution in [0.3, 0.4) is 0 Å². The quantitative estimate of drug-likeness (QED) is 0.855. The molecule has 5 heteroatoms. The van der Waals surface area contributed by atoms with E-state index in [0.29, 0.717) is 17.4 Å². The predicted molar refractivity (Wildman–Crippen MR) is 74.0 cm³/mol. The third-order valence-corrected chi connectivity index (χ3v) is 4.06. The molecule has 2 aliphatic rings. The van der Waals surface area contributed by atoms with E-state index in [1.165, 1.54) is 12.1 Å². The van der Waals surface area contributed by atoms with Crippen LogP contribution in [0.1, 0.15) is 16.8 Å². The summed E-state index contributed by atoms with van der Waals surface area (Å²) in [5.41, 5.74) is 0.458. The Kier molecular flexibility index (Phi) is 4.42. The predicted octanol–water partition coefficient (Wildman–Crippen LogP) is 1.93. The van der Waals surface area contributed by atoms with E-state index >= 15 is 0 Å². The smallest absolute Gasteiger partial charge is 0.253 e. The Bertz CT molecular complexity index is 469. The highest BCUT2D eigenvalue weighted by molar-refractivity contribution is 5.94. The molecule has 0 bridgehead atoms. The van der Waals surface area contributed by atoms with Crippen molar-refractivity contribution in [3.05, 3.63) is 35.6 Å². The molecule has 3 nitrogen and oxygen atoms in total. The molecule has 0 aliphatic carbocycles. The number of nitrogens with one attached hydrogen (secondary N) is 1. The third-order valence-electron chi connectivity index (χ3n) is 4.06. The van der Waals surface area contributed by atoms with Gasteiger partial charge in [-0.05, 0) is 49.5 Å². The number of nitrogens with zero attached hydrogens (tertiary/aromatic N) is 1. The van der Waals surface area contributed by atoms with Gasteiger partial charge in [0.1, 0.15) is 5.82 Å². The molecule has 2 saturated heterocycles. The van der Waals surface area contributed by atoms with Crippen LogP contribution in [-0.4, -0.2) is 37.0 Å². The van der Waals surface area contributed by atoms with Crippen LogP contribution >= 0.6 is 12.4 Å². The van der Waals surface area contributed by atoms with Crippen molar-refractivity contribution >= 4 is 18.3 Å². The fourth-order valence-electron chi connectivity index (χ4n) is 3.02. The zero-order valence-electron chi connectivity index (χ0n) is 10.6. The maximum atomic E-state index is 13.1. The number of amides is 1. The lowest BCUT2D eigenvalue weighted by molar-refractivity contribution is 0.0642. The van der Waals surface area contributed by atoms with Crippen molar-refractivity contribution in [1.29, 1.82) is 0 Å². The third kappa shape index (κ3) is 2.90. The summed E-state index contributed by atoms with van der Waals surface area (Å²) < 4.78 is 13.1. The first-order valence-corrected chi connectivity index (χ1v) is 6.49. The number of hydrogen-bond acceptors (Lipinski definition) is 2. The number of benzene rings is 1. The highest BCUT2D eigenvalue weighted by Crippen LogP contribution is 2.27. The summed E-state index contributed by atoms with van der Waals surface area (Å²) in [5.74, 6) is 0.885. The first-order chi connectivity index (χ1) is 8.74. The summed E-state index contributed by atoms with van der Waals surface area (Å²) in [6.07, 6.45) is 1.05. The molecule has 2 aliphatic heterocycles. The van der Waals surface area contributed by atoms with Gasteiger partial charge in [-0.2, -0.15) is 0 Å². The Balaban J connectivity index is 0.00000133. The van der Waals surface area contributed by atoms with Crippen LogP contribution in [0.25, 0.3) is 0 Å². The lowest BCUT2D eigenvalue weighted by Crippen LogP contribution is -2.43. The van der Waals surface area contributed by atoms with Gasteiger partial charge in [-0.1, -0.05) is 6.07 Å². The summed E-state index contributed by atoms with van der Waals surface area (Å²) >= 11 is 0. The summed E-state index contributed by atoms with van der Waals surface area (Å²) in [4.78, 5) is 14.1. The van der Waals surface area contributed by atoms with E-state index in [4.69, 9.17) is 0 Å². The highest BCUT2D eigenvalue weighted by atomic mass is 35.5. The number of likely N-dealkylation sites (tertiary alicyclic amines) is 1. The average molecular weight is 285 g/mol. The zero-order valence-corrected chi connectivity index (χ0v) is 11.5. The summed E-state index contributed by atoms with van der Waals surface area (Å²) in [7, 11) is 0. The van der Waals surface area contributed by atoms with E-state index in [2.05, 4.69) is 5.32 Å². The van der Waals surface area contributed by atoms with E-state index in [9.17, 15) is 9.18 Å². The minimum Gasteiger partial charge on any atom is -0.338 e. The maximum Gasteiger partial charge on any atom is 0.253 e. The Morgan fingerprint density at radius 1 is 1.32 bits per heavy atom. The Hall–Kier alpha value is -1.13. The normalized spacial score (nSPS) is 25.6. The van der Waals surface area contributed by atoms with Crippen molar-refractivity contribution < 1.29 is 9.18 Å². The van der Waals surface area contributed by atoms with E-state index in [0.717, 1.165) is 32.6 Å². The molecule has 0 saturated carbocycles. The minimum atomic E-state index is -0.349. The largest absolute Gasteiger partial charge is 0.338 e.